The maximum Gasteiger partial charge on any atom is 0.00402 e. The predicted molar refractivity (Wildman–Crippen MR) is 57.9 cm³/mol. The Hall–Kier alpha value is 1.02. The number of fused-ring (bicyclic) bond motifs is 2. The molecule has 2 aliphatic rings. The molecule has 2 rings (SSSR count). The van der Waals surface area contributed by atoms with E-state index in [4.69, 9.17) is 0 Å². The van der Waals surface area contributed by atoms with Gasteiger partial charge in [0.1, 0.15) is 0 Å². The second-order valence-corrected chi connectivity index (χ2v) is 4.28. The Morgan fingerprint density at radius 3 is 2.14 bits per heavy atom. The molecule has 0 N–H and O–H groups in total. The van der Waals surface area contributed by atoms with Crippen LogP contribution >= 0.6 is 0 Å². The van der Waals surface area contributed by atoms with Gasteiger partial charge in [0, 0.05) is 38.8 Å². The molecule has 0 aromatic heterocycles. The van der Waals surface area contributed by atoms with Gasteiger partial charge in [-0.2, -0.15) is 13.8 Å². The van der Waals surface area contributed by atoms with Crippen molar-refractivity contribution in [2.75, 3.05) is 13.1 Å². The van der Waals surface area contributed by atoms with Gasteiger partial charge in [0.25, 0.3) is 0 Å². The fraction of sp³-hybridized carbons (Fsp3) is 0.909. The fourth-order valence-corrected chi connectivity index (χ4v) is 2.13. The van der Waals surface area contributed by atoms with E-state index in [2.05, 4.69) is 24.1 Å². The first-order valence-electron chi connectivity index (χ1n) is 5.35. The number of likely N-dealkylation sites (tertiary alicyclic amines) is 1. The molecule has 14 heavy (non-hydrogen) atoms. The third-order valence-corrected chi connectivity index (χ3v) is 2.67. The molecule has 2 nitrogen and oxygen atoms in total. The van der Waals surface area contributed by atoms with Crippen LogP contribution in [0.1, 0.15) is 34.1 Å². The first-order chi connectivity index (χ1) is 6.19. The first-order valence-corrected chi connectivity index (χ1v) is 5.35. The van der Waals surface area contributed by atoms with E-state index in [1.165, 1.54) is 13.0 Å². The van der Waals surface area contributed by atoms with Crippen LogP contribution in [-0.2, 0) is 32.7 Å². The third-order valence-electron chi connectivity index (χ3n) is 2.67. The third kappa shape index (κ3) is 3.88. The zero-order chi connectivity index (χ0) is 9.84. The Morgan fingerprint density at radius 2 is 1.93 bits per heavy atom. The van der Waals surface area contributed by atoms with Crippen LogP contribution in [0.25, 0.3) is 5.32 Å². The quantitative estimate of drug-likeness (QED) is 0.670. The van der Waals surface area contributed by atoms with Crippen molar-refractivity contribution in [2.24, 2.45) is 0 Å². The van der Waals surface area contributed by atoms with E-state index >= 15 is 0 Å². The van der Waals surface area contributed by atoms with Crippen molar-refractivity contribution in [1.29, 1.82) is 0 Å². The number of nitrogens with zero attached hydrogens (tertiary/aromatic N) is 2. The molecular formula is C11H22N2Y-2. The normalized spacial score (nSPS) is 29.8. The Kier molecular flexibility index (Phi) is 7.86. The summed E-state index contributed by atoms with van der Waals surface area (Å²) >= 11 is 0. The molecule has 0 aromatic rings. The van der Waals surface area contributed by atoms with Crippen molar-refractivity contribution in [3.63, 3.8) is 0 Å². The Labute approximate surface area is 114 Å². The monoisotopic (exact) mass is 271 g/mol. The molecule has 0 amide bonds. The molecule has 0 saturated carbocycles. The summed E-state index contributed by atoms with van der Waals surface area (Å²) in [5.74, 6) is 0. The molecule has 2 atom stereocenters. The van der Waals surface area contributed by atoms with Gasteiger partial charge in [-0.3, -0.25) is 0 Å². The van der Waals surface area contributed by atoms with Gasteiger partial charge in [-0.1, -0.05) is 6.42 Å². The van der Waals surface area contributed by atoms with E-state index in [9.17, 15) is 0 Å². The SMILES string of the molecule is CC(C)N1CC2CC1C[N-]2.C[CH-]C.[Y]. The van der Waals surface area contributed by atoms with E-state index in [0.29, 0.717) is 6.04 Å². The zero-order valence-corrected chi connectivity index (χ0v) is 12.7. The van der Waals surface area contributed by atoms with Crippen molar-refractivity contribution in [3.05, 3.63) is 11.7 Å². The van der Waals surface area contributed by atoms with E-state index in [1.807, 2.05) is 20.3 Å². The van der Waals surface area contributed by atoms with Crippen molar-refractivity contribution >= 4 is 0 Å². The molecule has 0 spiro atoms. The predicted octanol–water partition coefficient (Wildman–Crippen LogP) is 2.45. The van der Waals surface area contributed by atoms with Crippen molar-refractivity contribution in [3.8, 4) is 0 Å². The van der Waals surface area contributed by atoms with Crippen LogP contribution < -0.4 is 0 Å². The standard InChI is InChI=1S/C8H15N2.C3H7.Y/c1-6(2)10-5-7-3-8(10)4-9-7;1-3-2;/h6-8H,3-5H2,1-2H3;3H,1-2H3;/q2*-1;. The molecule has 2 bridgehead atoms. The van der Waals surface area contributed by atoms with Crippen LogP contribution in [0, 0.1) is 6.42 Å². The molecule has 2 unspecified atom stereocenters. The number of piperazine rings is 1. The molecule has 0 aliphatic carbocycles. The number of hydrogen-bond acceptors (Lipinski definition) is 1. The molecule has 1 radical (unpaired) electrons. The molecule has 2 fully saturated rings. The first kappa shape index (κ1) is 15.0. The molecule has 2 saturated heterocycles. The molecular weight excluding hydrogens is 249 g/mol. The largest absolute Gasteiger partial charge is 0.657 e. The van der Waals surface area contributed by atoms with Gasteiger partial charge in [0.05, 0.1) is 0 Å². The van der Waals surface area contributed by atoms with Crippen LogP contribution in [0.4, 0.5) is 0 Å². The molecule has 2 heterocycles. The van der Waals surface area contributed by atoms with Gasteiger partial charge in [0.15, 0.2) is 0 Å². The Bertz CT molecular complexity index is 150. The maximum atomic E-state index is 4.49. The Morgan fingerprint density at radius 1 is 1.36 bits per heavy atom. The van der Waals surface area contributed by atoms with Gasteiger partial charge in [-0.15, -0.1) is 12.6 Å². The summed E-state index contributed by atoms with van der Waals surface area (Å²) in [6.07, 6.45) is 3.33. The van der Waals surface area contributed by atoms with Gasteiger partial charge >= 0.3 is 0 Å². The molecule has 2 aliphatic heterocycles. The van der Waals surface area contributed by atoms with Crippen molar-refractivity contribution in [2.45, 2.75) is 52.2 Å². The van der Waals surface area contributed by atoms with Gasteiger partial charge in [-0.05, 0) is 26.4 Å². The van der Waals surface area contributed by atoms with Crippen LogP contribution in [0.2, 0.25) is 0 Å². The van der Waals surface area contributed by atoms with Crippen LogP contribution in [0.15, 0.2) is 0 Å². The summed E-state index contributed by atoms with van der Waals surface area (Å²) in [7, 11) is 0. The Balaban J connectivity index is 0.000000381. The minimum absolute atomic E-state index is 0. The summed E-state index contributed by atoms with van der Waals surface area (Å²) in [4.78, 5) is 2.58. The minimum atomic E-state index is 0. The fourth-order valence-electron chi connectivity index (χ4n) is 2.13. The maximum absolute atomic E-state index is 4.49. The summed E-state index contributed by atoms with van der Waals surface area (Å²) in [6.45, 7) is 10.9. The van der Waals surface area contributed by atoms with E-state index in [0.717, 1.165) is 18.6 Å². The minimum Gasteiger partial charge on any atom is -0.657 e. The van der Waals surface area contributed by atoms with Crippen LogP contribution in [0.5, 0.6) is 0 Å². The van der Waals surface area contributed by atoms with Crippen molar-refractivity contribution in [1.82, 2.24) is 4.90 Å². The molecule has 0 aromatic carbocycles. The van der Waals surface area contributed by atoms with E-state index in [1.54, 1.807) is 0 Å². The van der Waals surface area contributed by atoms with Crippen molar-refractivity contribution < 1.29 is 32.7 Å². The topological polar surface area (TPSA) is 17.3 Å². The number of hydrogen-bond donors (Lipinski definition) is 0. The van der Waals surface area contributed by atoms with Crippen LogP contribution in [-0.4, -0.2) is 36.1 Å². The smallest absolute Gasteiger partial charge is 0.00402 e. The summed E-state index contributed by atoms with van der Waals surface area (Å²) in [5, 5.41) is 4.49. The summed E-state index contributed by atoms with van der Waals surface area (Å²) < 4.78 is 0. The van der Waals surface area contributed by atoms with Crippen LogP contribution in [0.3, 0.4) is 0 Å². The van der Waals surface area contributed by atoms with E-state index < -0.39 is 0 Å². The van der Waals surface area contributed by atoms with Gasteiger partial charge < -0.3 is 16.6 Å². The van der Waals surface area contributed by atoms with E-state index in [-0.39, 0.29) is 32.7 Å². The van der Waals surface area contributed by atoms with Gasteiger partial charge in [-0.25, -0.2) is 0 Å². The summed E-state index contributed by atoms with van der Waals surface area (Å²) in [5.41, 5.74) is 0. The average Bonchev–Trinajstić information content (AvgIpc) is 2.64. The zero-order valence-electron chi connectivity index (χ0n) is 9.90. The van der Waals surface area contributed by atoms with Gasteiger partial charge in [0.2, 0.25) is 0 Å². The average molecular weight is 271 g/mol. The summed E-state index contributed by atoms with van der Waals surface area (Å²) in [6, 6.07) is 2.21. The molecule has 81 valence electrons. The molecule has 3 heteroatoms. The second kappa shape index (κ2) is 7.32. The second-order valence-electron chi connectivity index (χ2n) is 4.28. The number of rotatable bonds is 1.